The molecule has 2 atom stereocenters. The Morgan fingerprint density at radius 2 is 1.87 bits per heavy atom. The number of Topliss-reactive ketones (excluding diaryl/α,β-unsaturated/α-hetero) is 1. The lowest BCUT2D eigenvalue weighted by Crippen LogP contribution is -2.43. The van der Waals surface area contributed by atoms with Crippen LogP contribution in [-0.2, 0) is 4.79 Å². The second-order valence-electron chi connectivity index (χ2n) is 7.93. The molecule has 1 N–H and O–H groups in total. The van der Waals surface area contributed by atoms with Gasteiger partial charge in [-0.3, -0.25) is 9.59 Å². The lowest BCUT2D eigenvalue weighted by molar-refractivity contribution is -0.130. The maximum atomic E-state index is 12.7. The molecule has 0 aromatic heterocycles. The topological polar surface area (TPSA) is 46.2 Å². The van der Waals surface area contributed by atoms with Crippen molar-refractivity contribution >= 4 is 11.7 Å². The predicted molar refractivity (Wildman–Crippen MR) is 93.2 cm³/mol. The minimum absolute atomic E-state index is 0.0160. The molecule has 0 spiro atoms. The van der Waals surface area contributed by atoms with Gasteiger partial charge >= 0.3 is 0 Å². The van der Waals surface area contributed by atoms with Crippen molar-refractivity contribution < 1.29 is 9.59 Å². The van der Waals surface area contributed by atoms with E-state index in [4.69, 9.17) is 0 Å². The van der Waals surface area contributed by atoms with Crippen molar-refractivity contribution in [3.8, 4) is 0 Å². The van der Waals surface area contributed by atoms with Crippen LogP contribution in [0.2, 0.25) is 0 Å². The monoisotopic (exact) mass is 315 g/mol. The zero-order valence-electron chi connectivity index (χ0n) is 14.8. The molecule has 1 amide bonds. The van der Waals surface area contributed by atoms with E-state index >= 15 is 0 Å². The Labute approximate surface area is 139 Å². The predicted octanol–water partition coefficient (Wildman–Crippen LogP) is 4.08. The fraction of sp³-hybridized carbons (Fsp3) is 0.600. The van der Waals surface area contributed by atoms with E-state index in [-0.39, 0.29) is 29.6 Å². The van der Waals surface area contributed by atoms with Gasteiger partial charge in [0.1, 0.15) is 0 Å². The van der Waals surface area contributed by atoms with Crippen LogP contribution in [0.1, 0.15) is 57.3 Å². The van der Waals surface area contributed by atoms with E-state index in [1.165, 1.54) is 6.42 Å². The Hall–Kier alpha value is -1.64. The smallest absolute Gasteiger partial charge is 0.223 e. The van der Waals surface area contributed by atoms with Crippen LogP contribution in [0.15, 0.2) is 30.3 Å². The van der Waals surface area contributed by atoms with Gasteiger partial charge in [-0.1, -0.05) is 58.0 Å². The summed E-state index contributed by atoms with van der Waals surface area (Å²) in [6.45, 7) is 8.94. The standard InChI is InChI=1S/C20H29NO2/c1-14(2)16-10-11-20(3,4)12-17(16)19(23)21-13-18(22)15-8-6-5-7-9-15/h5-9,14,16-17H,10-13H2,1-4H3,(H,21,23). The molecule has 2 rings (SSSR count). The number of benzene rings is 1. The molecule has 126 valence electrons. The van der Waals surface area contributed by atoms with Gasteiger partial charge in [-0.15, -0.1) is 0 Å². The number of ketones is 1. The van der Waals surface area contributed by atoms with Gasteiger partial charge < -0.3 is 5.32 Å². The molecule has 1 aromatic rings. The van der Waals surface area contributed by atoms with Crippen molar-refractivity contribution in [2.75, 3.05) is 6.54 Å². The third-order valence-corrected chi connectivity index (χ3v) is 5.16. The summed E-state index contributed by atoms with van der Waals surface area (Å²) in [5.41, 5.74) is 0.855. The summed E-state index contributed by atoms with van der Waals surface area (Å²) in [7, 11) is 0. The van der Waals surface area contributed by atoms with E-state index in [0.29, 0.717) is 17.4 Å². The van der Waals surface area contributed by atoms with Crippen LogP contribution in [0.3, 0.4) is 0 Å². The second-order valence-corrected chi connectivity index (χ2v) is 7.93. The summed E-state index contributed by atoms with van der Waals surface area (Å²) in [6.07, 6.45) is 3.17. The SMILES string of the molecule is CC(C)C1CCC(C)(C)CC1C(=O)NCC(=O)c1ccccc1. The molecule has 0 saturated heterocycles. The van der Waals surface area contributed by atoms with Crippen LogP contribution in [0.25, 0.3) is 0 Å². The zero-order chi connectivity index (χ0) is 17.0. The average Bonchev–Trinajstić information content (AvgIpc) is 2.51. The van der Waals surface area contributed by atoms with Gasteiger partial charge in [0.2, 0.25) is 5.91 Å². The molecule has 0 heterocycles. The molecule has 0 bridgehead atoms. The van der Waals surface area contributed by atoms with Gasteiger partial charge in [0, 0.05) is 11.5 Å². The van der Waals surface area contributed by atoms with Gasteiger partial charge in [-0.2, -0.15) is 0 Å². The molecular weight excluding hydrogens is 286 g/mol. The minimum Gasteiger partial charge on any atom is -0.348 e. The number of carbonyl (C=O) groups excluding carboxylic acids is 2. The molecule has 0 radical (unpaired) electrons. The third-order valence-electron chi connectivity index (χ3n) is 5.16. The van der Waals surface area contributed by atoms with E-state index in [9.17, 15) is 9.59 Å². The Kier molecular flexibility index (Phi) is 5.61. The largest absolute Gasteiger partial charge is 0.348 e. The first-order valence-electron chi connectivity index (χ1n) is 8.66. The van der Waals surface area contributed by atoms with Crippen LogP contribution < -0.4 is 5.32 Å². The van der Waals surface area contributed by atoms with Crippen molar-refractivity contribution in [2.45, 2.75) is 47.0 Å². The zero-order valence-corrected chi connectivity index (χ0v) is 14.8. The number of nitrogens with one attached hydrogen (secondary N) is 1. The van der Waals surface area contributed by atoms with E-state index in [1.54, 1.807) is 12.1 Å². The second kappa shape index (κ2) is 7.29. The van der Waals surface area contributed by atoms with Gasteiger partial charge in [-0.25, -0.2) is 0 Å². The van der Waals surface area contributed by atoms with Gasteiger partial charge in [0.05, 0.1) is 6.54 Å². The van der Waals surface area contributed by atoms with Crippen molar-refractivity contribution in [3.63, 3.8) is 0 Å². The molecule has 1 aliphatic rings. The highest BCUT2D eigenvalue weighted by Crippen LogP contribution is 2.44. The molecule has 23 heavy (non-hydrogen) atoms. The van der Waals surface area contributed by atoms with E-state index in [2.05, 4.69) is 33.0 Å². The van der Waals surface area contributed by atoms with Crippen LogP contribution in [0.5, 0.6) is 0 Å². The van der Waals surface area contributed by atoms with Crippen molar-refractivity contribution in [1.82, 2.24) is 5.32 Å². The third kappa shape index (κ3) is 4.66. The first kappa shape index (κ1) is 17.7. The fourth-order valence-corrected chi connectivity index (χ4v) is 3.72. The normalized spacial score (nSPS) is 23.5. The van der Waals surface area contributed by atoms with Crippen LogP contribution in [-0.4, -0.2) is 18.2 Å². The number of hydrogen-bond donors (Lipinski definition) is 1. The highest BCUT2D eigenvalue weighted by molar-refractivity contribution is 5.99. The van der Waals surface area contributed by atoms with Gasteiger partial charge in [0.25, 0.3) is 0 Å². The highest BCUT2D eigenvalue weighted by atomic mass is 16.2. The molecule has 3 nitrogen and oxygen atoms in total. The minimum atomic E-state index is -0.0323. The van der Waals surface area contributed by atoms with Crippen LogP contribution >= 0.6 is 0 Å². The molecular formula is C20H29NO2. The van der Waals surface area contributed by atoms with Crippen molar-refractivity contribution in [1.29, 1.82) is 0 Å². The van der Waals surface area contributed by atoms with Crippen molar-refractivity contribution in [3.05, 3.63) is 35.9 Å². The number of hydrogen-bond acceptors (Lipinski definition) is 2. The summed E-state index contributed by atoms with van der Waals surface area (Å²) in [5, 5.41) is 2.88. The maximum absolute atomic E-state index is 12.7. The molecule has 1 aromatic carbocycles. The molecule has 3 heteroatoms. The summed E-state index contributed by atoms with van der Waals surface area (Å²) in [4.78, 5) is 24.8. The number of carbonyl (C=O) groups is 2. The average molecular weight is 315 g/mol. The van der Waals surface area contributed by atoms with Crippen LogP contribution in [0.4, 0.5) is 0 Å². The first-order chi connectivity index (χ1) is 10.8. The van der Waals surface area contributed by atoms with E-state index in [0.717, 1.165) is 12.8 Å². The Balaban J connectivity index is 1.98. The van der Waals surface area contributed by atoms with Gasteiger partial charge in [0.15, 0.2) is 5.78 Å². The summed E-state index contributed by atoms with van der Waals surface area (Å²) < 4.78 is 0. The highest BCUT2D eigenvalue weighted by Gasteiger charge is 2.39. The van der Waals surface area contributed by atoms with Crippen LogP contribution in [0, 0.1) is 23.2 Å². The Morgan fingerprint density at radius 3 is 2.48 bits per heavy atom. The van der Waals surface area contributed by atoms with E-state index in [1.807, 2.05) is 18.2 Å². The molecule has 1 aliphatic carbocycles. The number of amides is 1. The molecule has 1 fully saturated rings. The lowest BCUT2D eigenvalue weighted by atomic mass is 9.64. The Morgan fingerprint density at radius 1 is 1.22 bits per heavy atom. The molecule has 2 unspecified atom stereocenters. The van der Waals surface area contributed by atoms with Gasteiger partial charge in [-0.05, 0) is 36.5 Å². The maximum Gasteiger partial charge on any atom is 0.223 e. The van der Waals surface area contributed by atoms with E-state index < -0.39 is 0 Å². The lowest BCUT2D eigenvalue weighted by Gasteiger charge is -2.41. The first-order valence-corrected chi connectivity index (χ1v) is 8.66. The quantitative estimate of drug-likeness (QED) is 0.832. The molecule has 1 saturated carbocycles. The summed E-state index contributed by atoms with van der Waals surface area (Å²) in [6, 6.07) is 9.14. The molecule has 0 aliphatic heterocycles. The Bertz CT molecular complexity index is 548. The fourth-order valence-electron chi connectivity index (χ4n) is 3.72. The summed E-state index contributed by atoms with van der Waals surface area (Å²) >= 11 is 0. The van der Waals surface area contributed by atoms with Crippen molar-refractivity contribution in [2.24, 2.45) is 23.2 Å². The number of rotatable bonds is 5. The summed E-state index contributed by atoms with van der Waals surface area (Å²) in [5.74, 6) is 0.930.